The first-order valence-corrected chi connectivity index (χ1v) is 6.16. The topological polar surface area (TPSA) is 20.2 Å². The molecule has 1 heterocycles. The van der Waals surface area contributed by atoms with Gasteiger partial charge >= 0.3 is 0 Å². The third-order valence-electron chi connectivity index (χ3n) is 3.39. The normalized spacial score (nSPS) is 22.7. The summed E-state index contributed by atoms with van der Waals surface area (Å²) in [5.41, 5.74) is 1.94. The van der Waals surface area contributed by atoms with E-state index in [-0.39, 0.29) is 12.0 Å². The minimum absolute atomic E-state index is 0.159. The molecule has 0 saturated heterocycles. The molecule has 2 unspecified atom stereocenters. The summed E-state index contributed by atoms with van der Waals surface area (Å²) in [6, 6.07) is 4.90. The summed E-state index contributed by atoms with van der Waals surface area (Å²) in [6.45, 7) is 3.95. The fourth-order valence-corrected chi connectivity index (χ4v) is 2.43. The quantitative estimate of drug-likeness (QED) is 0.851. The van der Waals surface area contributed by atoms with Gasteiger partial charge in [0.2, 0.25) is 0 Å². The van der Waals surface area contributed by atoms with Gasteiger partial charge in [-0.3, -0.25) is 0 Å². The Balaban J connectivity index is 2.28. The predicted molar refractivity (Wildman–Crippen MR) is 69.4 cm³/mol. The molecule has 1 N–H and O–H groups in total. The molecule has 4 nitrogen and oxygen atoms in total. The van der Waals surface area contributed by atoms with E-state index < -0.39 is 0 Å². The third-order valence-corrected chi connectivity index (χ3v) is 3.39. The fourth-order valence-electron chi connectivity index (χ4n) is 2.43. The monoisotopic (exact) mass is 254 g/mol. The van der Waals surface area contributed by atoms with Gasteiger partial charge in [-0.2, -0.15) is 0 Å². The van der Waals surface area contributed by atoms with E-state index in [1.165, 1.54) is 6.07 Å². The highest BCUT2D eigenvalue weighted by Crippen LogP contribution is 2.29. The summed E-state index contributed by atoms with van der Waals surface area (Å²) in [5, 5.41) is 0.850. The van der Waals surface area contributed by atoms with E-state index in [1.807, 2.05) is 20.2 Å². The first kappa shape index (κ1) is 13.3. The van der Waals surface area contributed by atoms with Crippen LogP contribution >= 0.6 is 0 Å². The fraction of sp³-hybridized carbons (Fsp3) is 0.538. The van der Waals surface area contributed by atoms with E-state index in [9.17, 15) is 4.39 Å². The van der Waals surface area contributed by atoms with Gasteiger partial charge in [0.05, 0.1) is 7.11 Å². The molecular formula is C13H21FN3O+. The van der Waals surface area contributed by atoms with Crippen molar-refractivity contribution >= 4 is 11.4 Å². The molecule has 0 fully saturated rings. The number of hydrogen-bond acceptors (Lipinski definition) is 3. The Morgan fingerprint density at radius 3 is 2.78 bits per heavy atom. The summed E-state index contributed by atoms with van der Waals surface area (Å²) >= 11 is 0. The second-order valence-electron chi connectivity index (χ2n) is 4.90. The number of quaternary nitrogens is 1. The Morgan fingerprint density at radius 1 is 1.44 bits per heavy atom. The maximum Gasteiger partial charge on any atom is 0.195 e. The van der Waals surface area contributed by atoms with Crippen molar-refractivity contribution in [3.05, 3.63) is 24.0 Å². The number of rotatable bonds is 4. The number of nitrogens with one attached hydrogen (secondary N) is 1. The van der Waals surface area contributed by atoms with E-state index in [0.29, 0.717) is 0 Å². The molecule has 0 bridgehead atoms. The molecule has 1 aliphatic heterocycles. The number of nitrogens with zero attached hydrogens (tertiary/aromatic N) is 2. The van der Waals surface area contributed by atoms with Gasteiger partial charge < -0.3 is 9.80 Å². The lowest BCUT2D eigenvalue weighted by Gasteiger charge is -2.24. The Hall–Kier alpha value is -1.17. The van der Waals surface area contributed by atoms with E-state index >= 15 is 0 Å². The van der Waals surface area contributed by atoms with Crippen molar-refractivity contribution in [1.29, 1.82) is 0 Å². The van der Waals surface area contributed by atoms with Crippen molar-refractivity contribution in [2.24, 2.45) is 0 Å². The largest absolute Gasteiger partial charge is 0.314 e. The average Bonchev–Trinajstić information content (AvgIpc) is 2.57. The molecule has 2 atom stereocenters. The summed E-state index contributed by atoms with van der Waals surface area (Å²) < 4.78 is 13.3. The summed E-state index contributed by atoms with van der Waals surface area (Å²) in [6.07, 6.45) is 0.159. The first-order chi connectivity index (χ1) is 8.54. The van der Waals surface area contributed by atoms with Crippen LogP contribution in [0.15, 0.2) is 18.2 Å². The van der Waals surface area contributed by atoms with Crippen LogP contribution in [0.25, 0.3) is 0 Å². The third kappa shape index (κ3) is 2.34. The standard InChI is InChI=1S/C13H20FN3O/c1-10-16(8-7-15(2)3)12-6-5-11(14)9-13(12)17(10)18-4/h5-6,9-10H,7-8H2,1-4H3/p+1. The molecule has 100 valence electrons. The maximum absolute atomic E-state index is 13.3. The predicted octanol–water partition coefficient (Wildman–Crippen LogP) is 0.631. The Labute approximate surface area is 107 Å². The van der Waals surface area contributed by atoms with E-state index in [1.54, 1.807) is 13.2 Å². The van der Waals surface area contributed by atoms with Crippen LogP contribution in [0.2, 0.25) is 0 Å². The van der Waals surface area contributed by atoms with Crippen LogP contribution in [0, 0.1) is 5.82 Å². The average molecular weight is 254 g/mol. The molecule has 1 aromatic carbocycles. The summed E-state index contributed by atoms with van der Waals surface area (Å²) in [7, 11) is 5.75. The maximum atomic E-state index is 13.3. The van der Waals surface area contributed by atoms with E-state index in [2.05, 4.69) is 16.7 Å². The highest BCUT2D eigenvalue weighted by molar-refractivity contribution is 5.65. The zero-order valence-corrected chi connectivity index (χ0v) is 11.4. The lowest BCUT2D eigenvalue weighted by Crippen LogP contribution is -3.09. The number of benzene rings is 1. The van der Waals surface area contributed by atoms with Crippen LogP contribution < -0.4 is 9.96 Å². The lowest BCUT2D eigenvalue weighted by atomic mass is 10.2. The van der Waals surface area contributed by atoms with Gasteiger partial charge in [-0.25, -0.2) is 9.23 Å². The van der Waals surface area contributed by atoms with Gasteiger partial charge in [0, 0.05) is 26.1 Å². The Morgan fingerprint density at radius 2 is 2.17 bits per heavy atom. The Bertz CT molecular complexity index is 425. The van der Waals surface area contributed by atoms with Gasteiger partial charge in [0.15, 0.2) is 11.9 Å². The highest BCUT2D eigenvalue weighted by Gasteiger charge is 2.39. The molecule has 0 spiro atoms. The molecule has 1 aromatic rings. The summed E-state index contributed by atoms with van der Waals surface area (Å²) in [5.74, 6) is -0.218. The van der Waals surface area contributed by atoms with Crippen LogP contribution in [-0.2, 0) is 4.84 Å². The van der Waals surface area contributed by atoms with Gasteiger partial charge in [-0.05, 0) is 26.2 Å². The smallest absolute Gasteiger partial charge is 0.195 e. The number of likely N-dealkylation sites (N-methyl/N-ethyl adjacent to an activating group) is 1. The van der Waals surface area contributed by atoms with Gasteiger partial charge in [0.25, 0.3) is 0 Å². The van der Waals surface area contributed by atoms with Crippen molar-refractivity contribution in [2.45, 2.75) is 13.1 Å². The second-order valence-corrected chi connectivity index (χ2v) is 4.90. The van der Waals surface area contributed by atoms with Gasteiger partial charge in [0.1, 0.15) is 11.5 Å². The van der Waals surface area contributed by atoms with Crippen LogP contribution in [-0.4, -0.2) is 45.4 Å². The second kappa shape index (κ2) is 5.22. The number of halogens is 1. The number of hydroxylamine groups is 1. The summed E-state index contributed by atoms with van der Waals surface area (Å²) in [4.78, 5) is 9.83. The molecule has 0 amide bonds. The SMILES string of the molecule is CO[NH+]1c2cc(F)ccc2N(CCN(C)C)C1C. The van der Waals surface area contributed by atoms with E-state index in [4.69, 9.17) is 4.84 Å². The minimum Gasteiger partial charge on any atom is -0.314 e. The van der Waals surface area contributed by atoms with Crippen LogP contribution in [0.3, 0.4) is 0 Å². The number of hydrogen-bond donors (Lipinski definition) is 1. The zero-order valence-electron chi connectivity index (χ0n) is 11.4. The molecule has 2 rings (SSSR count). The van der Waals surface area contributed by atoms with Crippen LogP contribution in [0.4, 0.5) is 15.8 Å². The number of fused-ring (bicyclic) bond motifs is 1. The molecule has 0 aromatic heterocycles. The van der Waals surface area contributed by atoms with E-state index in [0.717, 1.165) is 29.5 Å². The number of anilines is 1. The van der Waals surface area contributed by atoms with Crippen molar-refractivity contribution in [1.82, 2.24) is 4.90 Å². The van der Waals surface area contributed by atoms with Crippen molar-refractivity contribution in [3.8, 4) is 0 Å². The van der Waals surface area contributed by atoms with Crippen molar-refractivity contribution in [3.63, 3.8) is 0 Å². The molecule has 0 aliphatic carbocycles. The highest BCUT2D eigenvalue weighted by atomic mass is 19.1. The molecule has 18 heavy (non-hydrogen) atoms. The molecule has 0 saturated carbocycles. The van der Waals surface area contributed by atoms with Gasteiger partial charge in [-0.15, -0.1) is 5.06 Å². The molecule has 0 radical (unpaired) electrons. The first-order valence-electron chi connectivity index (χ1n) is 6.16. The van der Waals surface area contributed by atoms with Gasteiger partial charge in [-0.1, -0.05) is 0 Å². The molecule has 1 aliphatic rings. The molecular weight excluding hydrogens is 233 g/mol. The van der Waals surface area contributed by atoms with Crippen LogP contribution in [0.1, 0.15) is 6.92 Å². The van der Waals surface area contributed by atoms with Crippen molar-refractivity contribution < 1.29 is 14.3 Å². The minimum atomic E-state index is -0.218. The molecule has 5 heteroatoms. The van der Waals surface area contributed by atoms with Crippen LogP contribution in [0.5, 0.6) is 0 Å². The Kier molecular flexibility index (Phi) is 3.85. The zero-order chi connectivity index (χ0) is 13.3. The lowest BCUT2D eigenvalue weighted by molar-refractivity contribution is -1.05. The van der Waals surface area contributed by atoms with Crippen molar-refractivity contribution in [2.75, 3.05) is 39.2 Å².